The molecule has 0 saturated carbocycles. The SMILES string of the molecule is c1ccc(-c2nc(-c3ccccc3)nc(-c3ccc(-n4c5ccccc5c5cc(-n6c7ccccc7c7ccccc76)ccc54)cc3)n2)cc1.c1ccc(-c2nc(-c3ccccc3)nc(-c3ccc(-n4c5ccccc5c5cc(-n6c7ccccc7c7ccccc76)ccc54)cc3)n2)cc1. The highest BCUT2D eigenvalue weighted by molar-refractivity contribution is 6.14. The second-order valence-electron chi connectivity index (χ2n) is 25.0. The second kappa shape index (κ2) is 24.2. The van der Waals surface area contributed by atoms with Gasteiger partial charge < -0.3 is 18.3 Å². The standard InChI is InChI=1S/2C45H29N5/c2*1-3-13-30(14-4-1)43-46-44(31-15-5-2-6-16-31)48-45(47-43)32-23-25-33(26-24-32)49-41-22-12-9-19-37(41)38-29-34(27-28-42(38)49)50-39-20-10-7-17-35(39)36-18-8-11-21-40(36)50/h2*1-29H. The van der Waals surface area contributed by atoms with Crippen LogP contribution < -0.4 is 0 Å². The Morgan fingerprint density at radius 2 is 0.320 bits per heavy atom. The molecule has 0 fully saturated rings. The molecule has 100 heavy (non-hydrogen) atoms. The molecule has 0 aliphatic carbocycles. The number of para-hydroxylation sites is 6. The molecule has 10 heteroatoms. The topological polar surface area (TPSA) is 97.1 Å². The normalized spacial score (nSPS) is 11.6. The van der Waals surface area contributed by atoms with Gasteiger partial charge >= 0.3 is 0 Å². The third-order valence-corrected chi connectivity index (χ3v) is 19.2. The average Bonchev–Trinajstić information content (AvgIpc) is 1.58. The van der Waals surface area contributed by atoms with E-state index in [0.717, 1.165) is 78.2 Å². The lowest BCUT2D eigenvalue weighted by Gasteiger charge is -2.11. The van der Waals surface area contributed by atoms with Crippen LogP contribution in [0.3, 0.4) is 0 Å². The van der Waals surface area contributed by atoms with Crippen molar-refractivity contribution in [3.63, 3.8) is 0 Å². The third-order valence-electron chi connectivity index (χ3n) is 19.2. The summed E-state index contributed by atoms with van der Waals surface area (Å²) in [5.74, 6) is 3.89. The first-order valence-corrected chi connectivity index (χ1v) is 33.6. The minimum atomic E-state index is 0.641. The largest absolute Gasteiger partial charge is 0.309 e. The number of hydrogen-bond acceptors (Lipinski definition) is 6. The van der Waals surface area contributed by atoms with Crippen molar-refractivity contribution >= 4 is 87.2 Å². The summed E-state index contributed by atoms with van der Waals surface area (Å²) >= 11 is 0. The van der Waals surface area contributed by atoms with Crippen LogP contribution in [-0.4, -0.2) is 48.2 Å². The highest BCUT2D eigenvalue weighted by Gasteiger charge is 2.21. The van der Waals surface area contributed by atoms with Gasteiger partial charge in [0.1, 0.15) is 0 Å². The molecule has 0 bridgehead atoms. The molecule has 0 N–H and O–H groups in total. The summed E-state index contributed by atoms with van der Waals surface area (Å²) in [4.78, 5) is 29.5. The van der Waals surface area contributed by atoms with Gasteiger partial charge in [0.15, 0.2) is 34.9 Å². The summed E-state index contributed by atoms with van der Waals surface area (Å²) in [5.41, 5.74) is 19.6. The van der Waals surface area contributed by atoms with Gasteiger partial charge in [0.25, 0.3) is 0 Å². The molecule has 20 rings (SSSR count). The lowest BCUT2D eigenvalue weighted by Crippen LogP contribution is -2.00. The van der Waals surface area contributed by atoms with Crippen LogP contribution in [0.15, 0.2) is 352 Å². The number of aromatic nitrogens is 10. The van der Waals surface area contributed by atoms with Gasteiger partial charge in [-0.3, -0.25) is 0 Å². The van der Waals surface area contributed by atoms with Gasteiger partial charge in [-0.2, -0.15) is 0 Å². The molecule has 10 nitrogen and oxygen atoms in total. The Hall–Kier alpha value is -13.7. The predicted octanol–water partition coefficient (Wildman–Crippen LogP) is 22.1. The van der Waals surface area contributed by atoms with Crippen molar-refractivity contribution in [2.45, 2.75) is 0 Å². The first kappa shape index (κ1) is 57.7. The molecular weight excluding hydrogens is 1220 g/mol. The van der Waals surface area contributed by atoms with E-state index >= 15 is 0 Å². The van der Waals surface area contributed by atoms with Gasteiger partial charge in [-0.1, -0.05) is 231 Å². The molecule has 0 saturated heterocycles. The van der Waals surface area contributed by atoms with Crippen molar-refractivity contribution in [1.82, 2.24) is 48.2 Å². The van der Waals surface area contributed by atoms with E-state index in [1.807, 2.05) is 121 Å². The summed E-state index contributed by atoms with van der Waals surface area (Å²) in [6.45, 7) is 0. The maximum absolute atomic E-state index is 4.94. The molecule has 14 aromatic carbocycles. The first-order chi connectivity index (χ1) is 49.6. The van der Waals surface area contributed by atoms with Gasteiger partial charge in [0, 0.05) is 99.2 Å². The maximum Gasteiger partial charge on any atom is 0.164 e. The van der Waals surface area contributed by atoms with E-state index in [0.29, 0.717) is 34.9 Å². The first-order valence-electron chi connectivity index (χ1n) is 33.6. The molecular formula is C90H58N10. The monoisotopic (exact) mass is 1280 g/mol. The van der Waals surface area contributed by atoms with Crippen molar-refractivity contribution in [3.05, 3.63) is 352 Å². The fourth-order valence-electron chi connectivity index (χ4n) is 14.6. The van der Waals surface area contributed by atoms with Crippen molar-refractivity contribution in [3.8, 4) is 91.1 Å². The second-order valence-corrected chi connectivity index (χ2v) is 25.0. The molecule has 0 amide bonds. The third kappa shape index (κ3) is 9.96. The van der Waals surface area contributed by atoms with E-state index in [1.54, 1.807) is 0 Å². The molecule has 468 valence electrons. The van der Waals surface area contributed by atoms with Crippen LogP contribution in [0.1, 0.15) is 0 Å². The van der Waals surface area contributed by atoms with E-state index in [1.165, 1.54) is 65.2 Å². The van der Waals surface area contributed by atoms with Crippen LogP contribution >= 0.6 is 0 Å². The zero-order chi connectivity index (χ0) is 66.0. The zero-order valence-electron chi connectivity index (χ0n) is 54.0. The zero-order valence-corrected chi connectivity index (χ0v) is 54.0. The average molecular weight is 1280 g/mol. The van der Waals surface area contributed by atoms with Crippen LogP contribution in [0, 0.1) is 0 Å². The Bertz CT molecular complexity index is 5880. The minimum Gasteiger partial charge on any atom is -0.309 e. The van der Waals surface area contributed by atoms with Crippen molar-refractivity contribution < 1.29 is 0 Å². The Morgan fingerprint density at radius 1 is 0.140 bits per heavy atom. The molecule has 0 radical (unpaired) electrons. The highest BCUT2D eigenvalue weighted by Crippen LogP contribution is 2.40. The van der Waals surface area contributed by atoms with Gasteiger partial charge in [0.05, 0.1) is 44.1 Å². The summed E-state index contributed by atoms with van der Waals surface area (Å²) in [7, 11) is 0. The quantitative estimate of drug-likeness (QED) is 0.135. The van der Waals surface area contributed by atoms with Gasteiger partial charge in [0.2, 0.25) is 0 Å². The minimum absolute atomic E-state index is 0.641. The van der Waals surface area contributed by atoms with E-state index < -0.39 is 0 Å². The Labute approximate surface area is 575 Å². The van der Waals surface area contributed by atoms with Gasteiger partial charge in [-0.15, -0.1) is 0 Å². The van der Waals surface area contributed by atoms with E-state index in [-0.39, 0.29) is 0 Å². The molecule has 0 unspecified atom stereocenters. The fourth-order valence-corrected chi connectivity index (χ4v) is 14.6. The van der Waals surface area contributed by atoms with Crippen LogP contribution in [-0.2, 0) is 0 Å². The lowest BCUT2D eigenvalue weighted by molar-refractivity contribution is 1.07. The van der Waals surface area contributed by atoms with Crippen LogP contribution in [0.2, 0.25) is 0 Å². The van der Waals surface area contributed by atoms with E-state index in [2.05, 4.69) is 249 Å². The number of rotatable bonds is 10. The molecule has 0 aliphatic rings. The van der Waals surface area contributed by atoms with Crippen LogP contribution in [0.5, 0.6) is 0 Å². The summed E-state index contributed by atoms with van der Waals surface area (Å²) < 4.78 is 9.46. The van der Waals surface area contributed by atoms with E-state index in [4.69, 9.17) is 29.9 Å². The number of nitrogens with zero attached hydrogens (tertiary/aromatic N) is 10. The van der Waals surface area contributed by atoms with Gasteiger partial charge in [-0.25, -0.2) is 29.9 Å². The molecule has 20 aromatic rings. The highest BCUT2D eigenvalue weighted by atomic mass is 15.1. The van der Waals surface area contributed by atoms with Crippen molar-refractivity contribution in [1.29, 1.82) is 0 Å². The van der Waals surface area contributed by atoms with Crippen LogP contribution in [0.25, 0.3) is 178 Å². The summed E-state index contributed by atoms with van der Waals surface area (Å²) in [6, 6.07) is 123. The fraction of sp³-hybridized carbons (Fsp3) is 0. The molecule has 6 aromatic heterocycles. The Balaban J connectivity index is 0.000000139. The van der Waals surface area contributed by atoms with Gasteiger partial charge in [-0.05, 0) is 121 Å². The smallest absolute Gasteiger partial charge is 0.164 e. The Morgan fingerprint density at radius 3 is 0.570 bits per heavy atom. The molecule has 0 spiro atoms. The number of hydrogen-bond donors (Lipinski definition) is 0. The molecule has 0 aliphatic heterocycles. The van der Waals surface area contributed by atoms with Crippen LogP contribution in [0.4, 0.5) is 0 Å². The van der Waals surface area contributed by atoms with Crippen molar-refractivity contribution in [2.24, 2.45) is 0 Å². The molecule has 0 atom stereocenters. The number of benzene rings is 14. The summed E-state index contributed by atoms with van der Waals surface area (Å²) in [6.07, 6.45) is 0. The maximum atomic E-state index is 4.94. The summed E-state index contributed by atoms with van der Waals surface area (Å²) in [5, 5.41) is 9.89. The van der Waals surface area contributed by atoms with E-state index in [9.17, 15) is 0 Å². The molecule has 6 heterocycles. The predicted molar refractivity (Wildman–Crippen MR) is 410 cm³/mol. The number of fused-ring (bicyclic) bond motifs is 12. The lowest BCUT2D eigenvalue weighted by atomic mass is 10.1. The Kier molecular flexibility index (Phi) is 14.0. The van der Waals surface area contributed by atoms with Crippen molar-refractivity contribution in [2.75, 3.05) is 0 Å².